The van der Waals surface area contributed by atoms with Crippen molar-refractivity contribution in [2.24, 2.45) is 0 Å². The van der Waals surface area contributed by atoms with Crippen LogP contribution in [-0.2, 0) is 22.3 Å². The Balaban J connectivity index is 1.91. The van der Waals surface area contributed by atoms with E-state index in [1.165, 1.54) is 35.2 Å². The molecule has 0 saturated heterocycles. The van der Waals surface area contributed by atoms with Crippen molar-refractivity contribution in [1.82, 2.24) is 10.2 Å². The molecule has 0 radical (unpaired) electrons. The van der Waals surface area contributed by atoms with E-state index in [-0.39, 0.29) is 36.4 Å². The van der Waals surface area contributed by atoms with Crippen LogP contribution in [0.15, 0.2) is 42.5 Å². The van der Waals surface area contributed by atoms with Crippen LogP contribution in [0, 0.1) is 5.82 Å². The van der Waals surface area contributed by atoms with E-state index >= 15 is 0 Å². The van der Waals surface area contributed by atoms with Gasteiger partial charge < -0.3 is 10.6 Å². The van der Waals surface area contributed by atoms with Crippen molar-refractivity contribution in [3.05, 3.63) is 64.4 Å². The first kappa shape index (κ1) is 23.6. The van der Waals surface area contributed by atoms with E-state index in [0.29, 0.717) is 12.1 Å². The summed E-state index contributed by atoms with van der Waals surface area (Å²) in [4.78, 5) is 25.8. The van der Waals surface area contributed by atoms with Gasteiger partial charge >= 0.3 is 6.18 Å². The highest BCUT2D eigenvalue weighted by Gasteiger charge is 2.34. The van der Waals surface area contributed by atoms with Gasteiger partial charge in [-0.25, -0.2) is 4.39 Å². The van der Waals surface area contributed by atoms with Gasteiger partial charge in [-0.3, -0.25) is 14.5 Å². The first-order valence-corrected chi connectivity index (χ1v) is 9.36. The molecule has 0 fully saturated rings. The lowest BCUT2D eigenvalue weighted by molar-refractivity contribution is -0.137. The molecule has 0 unspecified atom stereocenters. The molecule has 162 valence electrons. The summed E-state index contributed by atoms with van der Waals surface area (Å²) in [7, 11) is 0. The summed E-state index contributed by atoms with van der Waals surface area (Å²) in [6.45, 7) is 1.81. The van der Waals surface area contributed by atoms with Gasteiger partial charge in [0, 0.05) is 11.6 Å². The third-order valence-corrected chi connectivity index (χ3v) is 4.38. The van der Waals surface area contributed by atoms with Crippen LogP contribution in [0.3, 0.4) is 0 Å². The van der Waals surface area contributed by atoms with Gasteiger partial charge in [-0.2, -0.15) is 13.2 Å². The second-order valence-electron chi connectivity index (χ2n) is 6.44. The number of anilines is 1. The molecule has 2 aromatic carbocycles. The Kier molecular flexibility index (Phi) is 8.19. The van der Waals surface area contributed by atoms with E-state index in [1.54, 1.807) is 6.92 Å². The first-order valence-electron chi connectivity index (χ1n) is 8.98. The number of carbonyl (C=O) groups excluding carboxylic acids is 2. The average molecular weight is 446 g/mol. The maximum Gasteiger partial charge on any atom is 0.418 e. The summed E-state index contributed by atoms with van der Waals surface area (Å²) in [6.07, 6.45) is -4.68. The minimum Gasteiger partial charge on any atom is -0.351 e. The van der Waals surface area contributed by atoms with Gasteiger partial charge in [-0.1, -0.05) is 30.7 Å². The maximum absolute atomic E-state index is 13.1. The number of carbonyl (C=O) groups is 2. The number of benzene rings is 2. The lowest BCUT2D eigenvalue weighted by atomic mass is 10.1. The van der Waals surface area contributed by atoms with E-state index in [9.17, 15) is 27.2 Å². The maximum atomic E-state index is 13.1. The fourth-order valence-electron chi connectivity index (χ4n) is 2.59. The van der Waals surface area contributed by atoms with Crippen LogP contribution in [0.2, 0.25) is 5.02 Å². The highest BCUT2D eigenvalue weighted by Crippen LogP contribution is 2.36. The van der Waals surface area contributed by atoms with Crippen LogP contribution in [-0.4, -0.2) is 36.3 Å². The van der Waals surface area contributed by atoms with Crippen LogP contribution in [0.5, 0.6) is 0 Å². The molecule has 2 aromatic rings. The van der Waals surface area contributed by atoms with Gasteiger partial charge in [-0.15, -0.1) is 0 Å². The van der Waals surface area contributed by atoms with Crippen molar-refractivity contribution in [3.8, 4) is 0 Å². The summed E-state index contributed by atoms with van der Waals surface area (Å²) in [6, 6.07) is 8.67. The lowest BCUT2D eigenvalue weighted by Crippen LogP contribution is -2.41. The van der Waals surface area contributed by atoms with Gasteiger partial charge in [-0.05, 0) is 42.4 Å². The quantitative estimate of drug-likeness (QED) is 0.602. The van der Waals surface area contributed by atoms with E-state index in [4.69, 9.17) is 11.6 Å². The summed E-state index contributed by atoms with van der Waals surface area (Å²) >= 11 is 5.62. The number of amides is 2. The molecule has 0 aliphatic carbocycles. The molecule has 0 aliphatic rings. The van der Waals surface area contributed by atoms with Gasteiger partial charge in [0.25, 0.3) is 0 Å². The highest BCUT2D eigenvalue weighted by atomic mass is 35.5. The Bertz CT molecular complexity index is 889. The number of rotatable bonds is 8. The van der Waals surface area contributed by atoms with E-state index < -0.39 is 23.3 Å². The smallest absolute Gasteiger partial charge is 0.351 e. The zero-order valence-electron chi connectivity index (χ0n) is 16.0. The molecule has 5 nitrogen and oxygen atoms in total. The number of nitrogens with zero attached hydrogens (tertiary/aromatic N) is 1. The molecule has 0 atom stereocenters. The molecule has 0 spiro atoms. The minimum atomic E-state index is -4.68. The van der Waals surface area contributed by atoms with Crippen molar-refractivity contribution in [3.63, 3.8) is 0 Å². The fourth-order valence-corrected chi connectivity index (χ4v) is 2.77. The van der Waals surface area contributed by atoms with Crippen LogP contribution >= 0.6 is 11.6 Å². The fraction of sp³-hybridized carbons (Fsp3) is 0.300. The number of alkyl halides is 3. The van der Waals surface area contributed by atoms with Crippen molar-refractivity contribution < 1.29 is 27.2 Å². The molecule has 2 N–H and O–H groups in total. The SMILES string of the molecule is CCN(CC(=O)NCc1ccc(F)cc1)CC(=O)Nc1ccc(Cl)cc1C(F)(F)F. The van der Waals surface area contributed by atoms with Crippen molar-refractivity contribution in [2.75, 3.05) is 25.0 Å². The molecule has 30 heavy (non-hydrogen) atoms. The summed E-state index contributed by atoms with van der Waals surface area (Å²) in [5.74, 6) is -1.46. The highest BCUT2D eigenvalue weighted by molar-refractivity contribution is 6.30. The Morgan fingerprint density at radius 2 is 1.67 bits per heavy atom. The van der Waals surface area contributed by atoms with Gasteiger partial charge in [0.15, 0.2) is 0 Å². The third kappa shape index (κ3) is 7.31. The second-order valence-corrected chi connectivity index (χ2v) is 6.88. The molecule has 2 rings (SSSR count). The second kappa shape index (κ2) is 10.4. The summed E-state index contributed by atoms with van der Waals surface area (Å²) in [5, 5.41) is 4.76. The topological polar surface area (TPSA) is 61.4 Å². The lowest BCUT2D eigenvalue weighted by Gasteiger charge is -2.20. The van der Waals surface area contributed by atoms with Gasteiger partial charge in [0.05, 0.1) is 24.3 Å². The molecule has 0 saturated carbocycles. The van der Waals surface area contributed by atoms with Crippen LogP contribution in [0.1, 0.15) is 18.1 Å². The predicted octanol–water partition coefficient (Wildman–Crippen LogP) is 4.07. The van der Waals surface area contributed by atoms with E-state index in [0.717, 1.165) is 12.1 Å². The van der Waals surface area contributed by atoms with Gasteiger partial charge in [0.1, 0.15) is 5.82 Å². The number of hydrogen-bond acceptors (Lipinski definition) is 3. The molecule has 2 amide bonds. The molecule has 0 bridgehead atoms. The number of hydrogen-bond donors (Lipinski definition) is 2. The molecule has 0 aliphatic heterocycles. The van der Waals surface area contributed by atoms with Crippen molar-refractivity contribution >= 4 is 29.1 Å². The normalized spacial score (nSPS) is 11.4. The Morgan fingerprint density at radius 1 is 1.03 bits per heavy atom. The largest absolute Gasteiger partial charge is 0.418 e. The molecular weight excluding hydrogens is 426 g/mol. The predicted molar refractivity (Wildman–Crippen MR) is 105 cm³/mol. The molecule has 0 aromatic heterocycles. The van der Waals surface area contributed by atoms with Crippen LogP contribution in [0.25, 0.3) is 0 Å². The van der Waals surface area contributed by atoms with Crippen LogP contribution in [0.4, 0.5) is 23.2 Å². The molecule has 10 heteroatoms. The Labute approximate surface area is 176 Å². The number of nitrogens with one attached hydrogen (secondary N) is 2. The van der Waals surface area contributed by atoms with Crippen LogP contribution < -0.4 is 10.6 Å². The van der Waals surface area contributed by atoms with Gasteiger partial charge in [0.2, 0.25) is 11.8 Å². The Hall–Kier alpha value is -2.65. The van der Waals surface area contributed by atoms with Crippen molar-refractivity contribution in [2.45, 2.75) is 19.6 Å². The molecule has 0 heterocycles. The minimum absolute atomic E-state index is 0.103. The Morgan fingerprint density at radius 3 is 2.27 bits per heavy atom. The third-order valence-electron chi connectivity index (χ3n) is 4.15. The molecular formula is C20H20ClF4N3O2. The number of halogens is 5. The number of likely N-dealkylation sites (N-methyl/N-ethyl adjacent to an activating group) is 1. The summed E-state index contributed by atoms with van der Waals surface area (Å²) < 4.78 is 52.3. The summed E-state index contributed by atoms with van der Waals surface area (Å²) in [5.41, 5.74) is -0.759. The first-order chi connectivity index (χ1) is 14.1. The zero-order chi connectivity index (χ0) is 22.3. The average Bonchev–Trinajstić information content (AvgIpc) is 2.67. The van der Waals surface area contributed by atoms with E-state index in [1.807, 2.05) is 0 Å². The monoisotopic (exact) mass is 445 g/mol. The van der Waals surface area contributed by atoms with Crippen molar-refractivity contribution in [1.29, 1.82) is 0 Å². The zero-order valence-corrected chi connectivity index (χ0v) is 16.8. The van der Waals surface area contributed by atoms with E-state index in [2.05, 4.69) is 10.6 Å². The standard InChI is InChI=1S/C20H20ClF4N3O2/c1-2-28(11-18(29)26-10-13-3-6-15(22)7-4-13)12-19(30)27-17-8-5-14(21)9-16(17)20(23,24)25/h3-9H,2,10-12H2,1H3,(H,26,29)(H,27,30).